The van der Waals surface area contributed by atoms with Crippen LogP contribution < -0.4 is 5.32 Å². The molecule has 0 spiro atoms. The number of H-pyrrole nitrogens is 1. The lowest BCUT2D eigenvalue weighted by Gasteiger charge is -2.21. The van der Waals surface area contributed by atoms with Gasteiger partial charge in [0.05, 0.1) is 17.6 Å². The molecule has 2 heterocycles. The van der Waals surface area contributed by atoms with E-state index < -0.39 is 0 Å². The van der Waals surface area contributed by atoms with E-state index in [1.165, 1.54) is 0 Å². The molecule has 2 amide bonds. The van der Waals surface area contributed by atoms with Gasteiger partial charge >= 0.3 is 0 Å². The number of halogens is 1. The molecule has 1 aromatic carbocycles. The van der Waals surface area contributed by atoms with Crippen LogP contribution in [-0.4, -0.2) is 22.0 Å². The summed E-state index contributed by atoms with van der Waals surface area (Å²) in [6, 6.07) is 3.84. The predicted octanol–water partition coefficient (Wildman–Crippen LogP) is 1.85. The minimum atomic E-state index is -0.303. The van der Waals surface area contributed by atoms with Crippen LogP contribution in [0, 0.1) is 0 Å². The van der Waals surface area contributed by atoms with Crippen LogP contribution in [0.4, 0.5) is 0 Å². The van der Waals surface area contributed by atoms with Crippen molar-refractivity contribution in [2.45, 2.75) is 18.8 Å². The van der Waals surface area contributed by atoms with Crippen LogP contribution in [0.5, 0.6) is 0 Å². The number of carbonyl (C=O) groups is 2. The first-order chi connectivity index (χ1) is 8.65. The average molecular weight is 308 g/mol. The SMILES string of the molecule is O=C1CCC(c2cc(Br)cc3cn[nH]c23)C(=O)N1. The lowest BCUT2D eigenvalue weighted by molar-refractivity contribution is -0.134. The fraction of sp³-hybridized carbons (Fsp3) is 0.250. The topological polar surface area (TPSA) is 74.8 Å². The molecule has 1 aliphatic heterocycles. The maximum Gasteiger partial charge on any atom is 0.234 e. The molecule has 1 atom stereocenters. The number of hydrogen-bond acceptors (Lipinski definition) is 3. The Morgan fingerprint density at radius 2 is 2.17 bits per heavy atom. The Balaban J connectivity index is 2.11. The highest BCUT2D eigenvalue weighted by Gasteiger charge is 2.29. The quantitative estimate of drug-likeness (QED) is 0.790. The summed E-state index contributed by atoms with van der Waals surface area (Å²) in [6.07, 6.45) is 2.63. The highest BCUT2D eigenvalue weighted by atomic mass is 79.9. The number of aromatic nitrogens is 2. The van der Waals surface area contributed by atoms with Gasteiger partial charge < -0.3 is 0 Å². The molecule has 2 aromatic rings. The molecule has 1 aromatic heterocycles. The summed E-state index contributed by atoms with van der Waals surface area (Å²) in [5.74, 6) is -0.740. The molecule has 1 aliphatic rings. The van der Waals surface area contributed by atoms with Gasteiger partial charge in [-0.1, -0.05) is 15.9 Å². The number of piperidine rings is 1. The first-order valence-electron chi connectivity index (χ1n) is 5.61. The van der Waals surface area contributed by atoms with Gasteiger partial charge in [0.1, 0.15) is 0 Å². The van der Waals surface area contributed by atoms with Crippen molar-refractivity contribution >= 4 is 38.6 Å². The zero-order valence-electron chi connectivity index (χ0n) is 9.37. The van der Waals surface area contributed by atoms with Gasteiger partial charge in [-0.3, -0.25) is 20.0 Å². The van der Waals surface area contributed by atoms with E-state index in [4.69, 9.17) is 0 Å². The summed E-state index contributed by atoms with van der Waals surface area (Å²) in [5.41, 5.74) is 1.73. The van der Waals surface area contributed by atoms with Gasteiger partial charge in [0.25, 0.3) is 0 Å². The maximum atomic E-state index is 11.9. The van der Waals surface area contributed by atoms with Gasteiger partial charge in [-0.2, -0.15) is 5.10 Å². The van der Waals surface area contributed by atoms with Crippen LogP contribution >= 0.6 is 15.9 Å². The number of carbonyl (C=O) groups excluding carboxylic acids is 2. The second-order valence-corrected chi connectivity index (χ2v) is 5.25. The Bertz CT molecular complexity index is 650. The molecular formula is C12H10BrN3O2. The molecular weight excluding hydrogens is 298 g/mol. The first-order valence-corrected chi connectivity index (χ1v) is 6.40. The smallest absolute Gasteiger partial charge is 0.234 e. The lowest BCUT2D eigenvalue weighted by atomic mass is 9.89. The number of benzene rings is 1. The molecule has 3 rings (SSSR count). The Morgan fingerprint density at radius 1 is 1.33 bits per heavy atom. The van der Waals surface area contributed by atoms with Crippen LogP contribution in [0.1, 0.15) is 24.3 Å². The summed E-state index contributed by atoms with van der Waals surface area (Å²) in [6.45, 7) is 0. The molecule has 6 heteroatoms. The van der Waals surface area contributed by atoms with Gasteiger partial charge in [-0.25, -0.2) is 0 Å². The molecule has 2 N–H and O–H groups in total. The third-order valence-electron chi connectivity index (χ3n) is 3.16. The molecule has 0 saturated carbocycles. The molecule has 0 aliphatic carbocycles. The molecule has 1 unspecified atom stereocenters. The first kappa shape index (κ1) is 11.4. The number of imide groups is 1. The van der Waals surface area contributed by atoms with Crippen molar-refractivity contribution in [2.75, 3.05) is 0 Å². The second-order valence-electron chi connectivity index (χ2n) is 4.33. The molecule has 92 valence electrons. The summed E-state index contributed by atoms with van der Waals surface area (Å²) >= 11 is 3.43. The van der Waals surface area contributed by atoms with E-state index in [2.05, 4.69) is 31.4 Å². The van der Waals surface area contributed by atoms with Crippen molar-refractivity contribution in [3.05, 3.63) is 28.4 Å². The van der Waals surface area contributed by atoms with Crippen LogP contribution in [-0.2, 0) is 9.59 Å². The van der Waals surface area contributed by atoms with E-state index in [0.717, 1.165) is 20.9 Å². The number of nitrogens with zero attached hydrogens (tertiary/aromatic N) is 1. The normalized spacial score (nSPS) is 20.2. The number of hydrogen-bond donors (Lipinski definition) is 2. The Hall–Kier alpha value is -1.69. The van der Waals surface area contributed by atoms with Crippen LogP contribution in [0.25, 0.3) is 10.9 Å². The molecule has 0 bridgehead atoms. The molecule has 0 radical (unpaired) electrons. The van der Waals surface area contributed by atoms with Crippen molar-refractivity contribution in [3.63, 3.8) is 0 Å². The zero-order valence-corrected chi connectivity index (χ0v) is 11.0. The monoisotopic (exact) mass is 307 g/mol. The van der Waals surface area contributed by atoms with Crippen molar-refractivity contribution in [1.29, 1.82) is 0 Å². The summed E-state index contributed by atoms with van der Waals surface area (Å²) in [4.78, 5) is 23.1. The van der Waals surface area contributed by atoms with E-state index in [1.807, 2.05) is 12.1 Å². The summed E-state index contributed by atoms with van der Waals surface area (Å²) < 4.78 is 0.899. The van der Waals surface area contributed by atoms with Gasteiger partial charge in [0.15, 0.2) is 0 Å². The molecule has 1 fully saturated rings. The number of aromatic amines is 1. The fourth-order valence-electron chi connectivity index (χ4n) is 2.31. The van der Waals surface area contributed by atoms with E-state index in [1.54, 1.807) is 6.20 Å². The minimum absolute atomic E-state index is 0.202. The maximum absolute atomic E-state index is 11.9. The van der Waals surface area contributed by atoms with Crippen LogP contribution in [0.2, 0.25) is 0 Å². The molecule has 1 saturated heterocycles. The van der Waals surface area contributed by atoms with E-state index in [-0.39, 0.29) is 17.7 Å². The average Bonchev–Trinajstić information content (AvgIpc) is 2.76. The van der Waals surface area contributed by atoms with Gasteiger partial charge in [0, 0.05) is 16.3 Å². The fourth-order valence-corrected chi connectivity index (χ4v) is 2.81. The van der Waals surface area contributed by atoms with Gasteiger partial charge in [-0.15, -0.1) is 0 Å². The third-order valence-corrected chi connectivity index (χ3v) is 3.62. The third kappa shape index (κ3) is 1.82. The highest BCUT2D eigenvalue weighted by Crippen LogP contribution is 2.32. The van der Waals surface area contributed by atoms with Crippen LogP contribution in [0.15, 0.2) is 22.8 Å². The van der Waals surface area contributed by atoms with Gasteiger partial charge in [0.2, 0.25) is 11.8 Å². The minimum Gasteiger partial charge on any atom is -0.296 e. The van der Waals surface area contributed by atoms with E-state index in [0.29, 0.717) is 12.8 Å². The molecule has 5 nitrogen and oxygen atoms in total. The van der Waals surface area contributed by atoms with Crippen molar-refractivity contribution in [2.24, 2.45) is 0 Å². The number of fused-ring (bicyclic) bond motifs is 1. The lowest BCUT2D eigenvalue weighted by Crippen LogP contribution is -2.39. The Labute approximate surface area is 111 Å². The number of nitrogens with one attached hydrogen (secondary N) is 2. The highest BCUT2D eigenvalue weighted by molar-refractivity contribution is 9.10. The van der Waals surface area contributed by atoms with Crippen LogP contribution in [0.3, 0.4) is 0 Å². The predicted molar refractivity (Wildman–Crippen MR) is 68.9 cm³/mol. The second kappa shape index (κ2) is 4.20. The van der Waals surface area contributed by atoms with Crippen molar-refractivity contribution in [1.82, 2.24) is 15.5 Å². The van der Waals surface area contributed by atoms with Gasteiger partial charge in [-0.05, 0) is 24.1 Å². The summed E-state index contributed by atoms with van der Waals surface area (Å²) in [5, 5.41) is 10.2. The standard InChI is InChI=1S/C12H10BrN3O2/c13-7-3-6-5-14-16-11(6)9(4-7)8-1-2-10(17)15-12(8)18/h3-5,8H,1-2H2,(H,14,16)(H,15,17,18). The Kier molecular flexibility index (Phi) is 2.66. The van der Waals surface area contributed by atoms with Crippen molar-refractivity contribution in [3.8, 4) is 0 Å². The largest absolute Gasteiger partial charge is 0.296 e. The summed E-state index contributed by atoms with van der Waals surface area (Å²) in [7, 11) is 0. The van der Waals surface area contributed by atoms with Crippen molar-refractivity contribution < 1.29 is 9.59 Å². The Morgan fingerprint density at radius 3 is 2.94 bits per heavy atom. The van der Waals surface area contributed by atoms with E-state index >= 15 is 0 Å². The zero-order chi connectivity index (χ0) is 12.7. The molecule has 18 heavy (non-hydrogen) atoms. The number of amides is 2. The van der Waals surface area contributed by atoms with E-state index in [9.17, 15) is 9.59 Å². The number of rotatable bonds is 1.